The number of benzene rings is 1. The summed E-state index contributed by atoms with van der Waals surface area (Å²) < 4.78 is 6.26. The SMILES string of the molecule is O=C(NNC(=O)c1cccn(Cc2ccc(Cl)c(Cl)c2)c1=O)c1ccco1. The highest BCUT2D eigenvalue weighted by molar-refractivity contribution is 6.42. The smallest absolute Gasteiger partial charge is 0.305 e. The van der Waals surface area contributed by atoms with Gasteiger partial charge in [0.1, 0.15) is 5.56 Å². The molecular formula is C18H13Cl2N3O4. The standard InChI is InChI=1S/C18H13Cl2N3O4/c19-13-6-5-11(9-14(13)20)10-23-7-1-3-12(18(23)26)16(24)21-22-17(25)15-4-2-8-27-15/h1-9H,10H2,(H,21,24)(H,22,25). The van der Waals surface area contributed by atoms with Gasteiger partial charge in [-0.05, 0) is 42.0 Å². The first kappa shape index (κ1) is 18.8. The van der Waals surface area contributed by atoms with Crippen molar-refractivity contribution in [3.05, 3.63) is 92.2 Å². The van der Waals surface area contributed by atoms with Crippen LogP contribution in [0, 0.1) is 0 Å². The molecule has 0 saturated carbocycles. The number of hydrogen-bond donors (Lipinski definition) is 2. The maximum atomic E-state index is 12.6. The third kappa shape index (κ3) is 4.39. The lowest BCUT2D eigenvalue weighted by Gasteiger charge is -2.10. The van der Waals surface area contributed by atoms with Crippen LogP contribution in [-0.2, 0) is 6.54 Å². The Hall–Kier alpha value is -3.03. The second-order valence-corrected chi connectivity index (χ2v) is 6.30. The van der Waals surface area contributed by atoms with Gasteiger partial charge in [-0.1, -0.05) is 29.3 Å². The number of nitrogens with zero attached hydrogens (tertiary/aromatic N) is 1. The molecule has 1 aromatic carbocycles. The summed E-state index contributed by atoms with van der Waals surface area (Å²) in [6, 6.07) is 10.9. The molecule has 9 heteroatoms. The summed E-state index contributed by atoms with van der Waals surface area (Å²) >= 11 is 11.9. The van der Waals surface area contributed by atoms with E-state index in [1.165, 1.54) is 29.0 Å². The largest absolute Gasteiger partial charge is 0.459 e. The minimum atomic E-state index is -0.747. The third-order valence-corrected chi connectivity index (χ3v) is 4.38. The Morgan fingerprint density at radius 1 is 1.00 bits per heavy atom. The van der Waals surface area contributed by atoms with E-state index < -0.39 is 17.4 Å². The van der Waals surface area contributed by atoms with Crippen LogP contribution in [-0.4, -0.2) is 16.4 Å². The summed E-state index contributed by atoms with van der Waals surface area (Å²) in [7, 11) is 0. The molecule has 3 rings (SSSR count). The number of rotatable bonds is 4. The van der Waals surface area contributed by atoms with Crippen molar-refractivity contribution >= 4 is 35.0 Å². The summed E-state index contributed by atoms with van der Waals surface area (Å²) in [6.07, 6.45) is 2.87. The number of hydrazine groups is 1. The molecule has 0 aliphatic heterocycles. The monoisotopic (exact) mass is 405 g/mol. The van der Waals surface area contributed by atoms with Crippen LogP contribution >= 0.6 is 23.2 Å². The topological polar surface area (TPSA) is 93.3 Å². The van der Waals surface area contributed by atoms with E-state index in [0.717, 1.165) is 5.56 Å². The highest BCUT2D eigenvalue weighted by Crippen LogP contribution is 2.22. The molecule has 27 heavy (non-hydrogen) atoms. The minimum absolute atomic E-state index is 0.0281. The predicted octanol–water partition coefficient (Wildman–Crippen LogP) is 2.87. The molecule has 7 nitrogen and oxygen atoms in total. The van der Waals surface area contributed by atoms with Crippen LogP contribution in [0.2, 0.25) is 10.0 Å². The summed E-state index contributed by atoms with van der Waals surface area (Å²) in [4.78, 5) is 36.6. The van der Waals surface area contributed by atoms with Gasteiger partial charge in [0.05, 0.1) is 22.9 Å². The number of amides is 2. The van der Waals surface area contributed by atoms with E-state index >= 15 is 0 Å². The Balaban J connectivity index is 1.73. The van der Waals surface area contributed by atoms with Gasteiger partial charge >= 0.3 is 5.91 Å². The van der Waals surface area contributed by atoms with E-state index in [4.69, 9.17) is 27.6 Å². The Morgan fingerprint density at radius 3 is 2.48 bits per heavy atom. The van der Waals surface area contributed by atoms with Crippen LogP contribution in [0.15, 0.2) is 64.1 Å². The van der Waals surface area contributed by atoms with Crippen LogP contribution in [0.25, 0.3) is 0 Å². The molecular weight excluding hydrogens is 393 g/mol. The van der Waals surface area contributed by atoms with Crippen LogP contribution < -0.4 is 16.4 Å². The zero-order valence-corrected chi connectivity index (χ0v) is 15.3. The lowest BCUT2D eigenvalue weighted by atomic mass is 10.2. The number of nitrogens with one attached hydrogen (secondary N) is 2. The molecule has 0 radical (unpaired) electrons. The molecule has 2 aromatic heterocycles. The number of carbonyl (C=O) groups excluding carboxylic acids is 2. The molecule has 0 fully saturated rings. The predicted molar refractivity (Wildman–Crippen MR) is 99.9 cm³/mol. The molecule has 3 aromatic rings. The average molecular weight is 406 g/mol. The van der Waals surface area contributed by atoms with Crippen molar-refractivity contribution in [1.29, 1.82) is 0 Å². The Bertz CT molecular complexity index is 1050. The van der Waals surface area contributed by atoms with Gasteiger partial charge in [0.15, 0.2) is 5.76 Å². The molecule has 2 heterocycles. The number of furan rings is 1. The van der Waals surface area contributed by atoms with Crippen molar-refractivity contribution in [3.8, 4) is 0 Å². The fourth-order valence-electron chi connectivity index (χ4n) is 2.32. The van der Waals surface area contributed by atoms with Crippen LogP contribution in [0.3, 0.4) is 0 Å². The van der Waals surface area contributed by atoms with E-state index in [-0.39, 0.29) is 17.9 Å². The van der Waals surface area contributed by atoms with Crippen molar-refractivity contribution in [2.24, 2.45) is 0 Å². The lowest BCUT2D eigenvalue weighted by molar-refractivity contribution is 0.0830. The first-order valence-electron chi connectivity index (χ1n) is 7.73. The Morgan fingerprint density at radius 2 is 1.78 bits per heavy atom. The molecule has 2 N–H and O–H groups in total. The van der Waals surface area contributed by atoms with Gasteiger partial charge < -0.3 is 8.98 Å². The second kappa shape index (κ2) is 8.11. The fraction of sp³-hybridized carbons (Fsp3) is 0.0556. The molecule has 138 valence electrons. The van der Waals surface area contributed by atoms with E-state index in [2.05, 4.69) is 10.9 Å². The Labute approximate surface area is 163 Å². The number of aromatic nitrogens is 1. The second-order valence-electron chi connectivity index (χ2n) is 5.49. The molecule has 0 aliphatic carbocycles. The van der Waals surface area contributed by atoms with Crippen molar-refractivity contribution in [2.45, 2.75) is 6.54 Å². The maximum absolute atomic E-state index is 12.6. The third-order valence-electron chi connectivity index (χ3n) is 3.64. The van der Waals surface area contributed by atoms with Gasteiger partial charge in [0, 0.05) is 6.20 Å². The maximum Gasteiger partial charge on any atom is 0.305 e. The van der Waals surface area contributed by atoms with Crippen LogP contribution in [0.4, 0.5) is 0 Å². The zero-order valence-electron chi connectivity index (χ0n) is 13.7. The number of pyridine rings is 1. The molecule has 0 aliphatic rings. The van der Waals surface area contributed by atoms with E-state index in [1.54, 1.807) is 30.5 Å². The van der Waals surface area contributed by atoms with Gasteiger partial charge in [-0.25, -0.2) is 0 Å². The van der Waals surface area contributed by atoms with E-state index in [9.17, 15) is 14.4 Å². The summed E-state index contributed by atoms with van der Waals surface area (Å²) in [5.74, 6) is -1.36. The number of halogens is 2. The van der Waals surface area contributed by atoms with Crippen molar-refractivity contribution in [1.82, 2.24) is 15.4 Å². The molecule has 0 saturated heterocycles. The fourth-order valence-corrected chi connectivity index (χ4v) is 2.64. The summed E-state index contributed by atoms with van der Waals surface area (Å²) in [6.45, 7) is 0.204. The summed E-state index contributed by atoms with van der Waals surface area (Å²) in [5, 5.41) is 0.782. The van der Waals surface area contributed by atoms with Gasteiger partial charge in [0.25, 0.3) is 11.5 Å². The highest BCUT2D eigenvalue weighted by atomic mass is 35.5. The van der Waals surface area contributed by atoms with Gasteiger partial charge in [-0.2, -0.15) is 0 Å². The van der Waals surface area contributed by atoms with Gasteiger partial charge in [0.2, 0.25) is 0 Å². The lowest BCUT2D eigenvalue weighted by Crippen LogP contribution is -2.43. The van der Waals surface area contributed by atoms with Crippen LogP contribution in [0.1, 0.15) is 26.5 Å². The first-order chi connectivity index (χ1) is 13.0. The average Bonchev–Trinajstić information content (AvgIpc) is 3.19. The molecule has 0 atom stereocenters. The minimum Gasteiger partial charge on any atom is -0.459 e. The van der Waals surface area contributed by atoms with Crippen molar-refractivity contribution < 1.29 is 14.0 Å². The molecule has 0 bridgehead atoms. The molecule has 0 spiro atoms. The van der Waals surface area contributed by atoms with E-state index in [0.29, 0.717) is 10.0 Å². The van der Waals surface area contributed by atoms with E-state index in [1.807, 2.05) is 0 Å². The van der Waals surface area contributed by atoms with Crippen molar-refractivity contribution in [3.63, 3.8) is 0 Å². The number of hydrogen-bond acceptors (Lipinski definition) is 4. The summed E-state index contributed by atoms with van der Waals surface area (Å²) in [5.41, 5.74) is 4.46. The molecule has 2 amide bonds. The Kier molecular flexibility index (Phi) is 5.63. The normalized spacial score (nSPS) is 10.4. The number of carbonyl (C=O) groups is 2. The molecule has 0 unspecified atom stereocenters. The van der Waals surface area contributed by atoms with Crippen molar-refractivity contribution in [2.75, 3.05) is 0 Å². The van der Waals surface area contributed by atoms with Gasteiger partial charge in [-0.3, -0.25) is 25.2 Å². The zero-order chi connectivity index (χ0) is 19.4. The first-order valence-corrected chi connectivity index (χ1v) is 8.49. The highest BCUT2D eigenvalue weighted by Gasteiger charge is 2.15. The quantitative estimate of drug-likeness (QED) is 0.652. The van der Waals surface area contributed by atoms with Crippen LogP contribution in [0.5, 0.6) is 0 Å². The van der Waals surface area contributed by atoms with Gasteiger partial charge in [-0.15, -0.1) is 0 Å².